The SMILES string of the molecule is C=C1CN(c2ncc(CNC(=O)c3c(Cl)ccnc3C)cn2)CCN1. The first-order chi connectivity index (χ1) is 12.0. The minimum atomic E-state index is -0.266. The fraction of sp³-hybridized carbons (Fsp3) is 0.294. The van der Waals surface area contributed by atoms with Crippen LogP contribution in [-0.2, 0) is 6.54 Å². The number of aromatic nitrogens is 3. The van der Waals surface area contributed by atoms with Gasteiger partial charge >= 0.3 is 0 Å². The van der Waals surface area contributed by atoms with E-state index in [0.717, 1.165) is 24.4 Å². The van der Waals surface area contributed by atoms with Crippen LogP contribution in [0.1, 0.15) is 21.6 Å². The van der Waals surface area contributed by atoms with E-state index in [1.54, 1.807) is 31.6 Å². The van der Waals surface area contributed by atoms with Crippen molar-refractivity contribution in [3.8, 4) is 0 Å². The zero-order valence-electron chi connectivity index (χ0n) is 13.9. The minimum absolute atomic E-state index is 0.266. The zero-order valence-corrected chi connectivity index (χ0v) is 14.7. The molecule has 3 rings (SSSR count). The average Bonchev–Trinajstić information content (AvgIpc) is 2.60. The quantitative estimate of drug-likeness (QED) is 0.865. The van der Waals surface area contributed by atoms with Crippen molar-refractivity contribution in [3.63, 3.8) is 0 Å². The van der Waals surface area contributed by atoms with Crippen molar-refractivity contribution in [2.24, 2.45) is 0 Å². The molecule has 1 saturated heterocycles. The number of nitrogens with one attached hydrogen (secondary N) is 2. The Bertz CT molecular complexity index is 772. The molecule has 0 bridgehead atoms. The summed E-state index contributed by atoms with van der Waals surface area (Å²) in [5.41, 5.74) is 2.75. The summed E-state index contributed by atoms with van der Waals surface area (Å²) in [4.78, 5) is 27.2. The monoisotopic (exact) mass is 358 g/mol. The number of piperazine rings is 1. The maximum Gasteiger partial charge on any atom is 0.254 e. The number of carbonyl (C=O) groups excluding carboxylic acids is 1. The molecule has 1 fully saturated rings. The van der Waals surface area contributed by atoms with E-state index in [9.17, 15) is 4.79 Å². The highest BCUT2D eigenvalue weighted by atomic mass is 35.5. The van der Waals surface area contributed by atoms with Crippen LogP contribution in [0.5, 0.6) is 0 Å². The van der Waals surface area contributed by atoms with Gasteiger partial charge in [0.1, 0.15) is 0 Å². The molecule has 2 aromatic rings. The van der Waals surface area contributed by atoms with Gasteiger partial charge in [-0.1, -0.05) is 18.2 Å². The lowest BCUT2D eigenvalue weighted by atomic mass is 10.2. The second-order valence-corrected chi connectivity index (χ2v) is 6.19. The maximum atomic E-state index is 12.3. The molecule has 1 aliphatic heterocycles. The molecule has 0 spiro atoms. The second kappa shape index (κ2) is 7.48. The molecular formula is C17H19ClN6O. The van der Waals surface area contributed by atoms with Gasteiger partial charge in [0.2, 0.25) is 5.95 Å². The van der Waals surface area contributed by atoms with Crippen LogP contribution >= 0.6 is 11.6 Å². The smallest absolute Gasteiger partial charge is 0.254 e. The molecule has 0 aliphatic carbocycles. The Morgan fingerprint density at radius 1 is 1.40 bits per heavy atom. The van der Waals surface area contributed by atoms with E-state index in [0.29, 0.717) is 35.3 Å². The summed E-state index contributed by atoms with van der Waals surface area (Å²) in [6, 6.07) is 1.60. The van der Waals surface area contributed by atoms with Crippen molar-refractivity contribution in [1.29, 1.82) is 0 Å². The van der Waals surface area contributed by atoms with Crippen molar-refractivity contribution >= 4 is 23.5 Å². The minimum Gasteiger partial charge on any atom is -0.386 e. The lowest BCUT2D eigenvalue weighted by Crippen LogP contribution is -2.42. The normalized spacial score (nSPS) is 14.2. The molecule has 0 saturated carbocycles. The van der Waals surface area contributed by atoms with Gasteiger partial charge in [0.05, 0.1) is 22.8 Å². The fourth-order valence-electron chi connectivity index (χ4n) is 2.58. The van der Waals surface area contributed by atoms with Crippen molar-refractivity contribution in [3.05, 3.63) is 58.8 Å². The molecule has 25 heavy (non-hydrogen) atoms. The predicted molar refractivity (Wildman–Crippen MR) is 96.5 cm³/mol. The number of halogens is 1. The second-order valence-electron chi connectivity index (χ2n) is 5.78. The van der Waals surface area contributed by atoms with E-state index in [-0.39, 0.29) is 5.91 Å². The van der Waals surface area contributed by atoms with Crippen molar-refractivity contribution in [2.75, 3.05) is 24.5 Å². The topological polar surface area (TPSA) is 83.0 Å². The van der Waals surface area contributed by atoms with Gasteiger partial charge in [0, 0.05) is 49.5 Å². The Kier molecular flexibility index (Phi) is 5.14. The fourth-order valence-corrected chi connectivity index (χ4v) is 2.86. The molecular weight excluding hydrogens is 340 g/mol. The largest absolute Gasteiger partial charge is 0.386 e. The highest BCUT2D eigenvalue weighted by Crippen LogP contribution is 2.17. The van der Waals surface area contributed by atoms with Gasteiger partial charge in [-0.25, -0.2) is 9.97 Å². The van der Waals surface area contributed by atoms with Crippen LogP contribution in [0.15, 0.2) is 36.9 Å². The predicted octanol–water partition coefficient (Wildman–Crippen LogP) is 1.69. The van der Waals surface area contributed by atoms with E-state index in [1.807, 2.05) is 0 Å². The van der Waals surface area contributed by atoms with Gasteiger partial charge in [0.15, 0.2) is 0 Å². The Balaban J connectivity index is 1.62. The van der Waals surface area contributed by atoms with Crippen LogP contribution in [0.3, 0.4) is 0 Å². The molecule has 3 heterocycles. The number of pyridine rings is 1. The molecule has 0 atom stereocenters. The van der Waals surface area contributed by atoms with Gasteiger partial charge < -0.3 is 15.5 Å². The van der Waals surface area contributed by atoms with E-state index < -0.39 is 0 Å². The number of anilines is 1. The molecule has 1 aliphatic rings. The molecule has 7 nitrogen and oxygen atoms in total. The Morgan fingerprint density at radius 3 is 2.84 bits per heavy atom. The molecule has 0 unspecified atom stereocenters. The highest BCUT2D eigenvalue weighted by Gasteiger charge is 2.16. The number of amides is 1. The Labute approximate surface area is 151 Å². The number of hydrogen-bond acceptors (Lipinski definition) is 6. The molecule has 1 amide bonds. The summed E-state index contributed by atoms with van der Waals surface area (Å²) in [5, 5.41) is 6.40. The van der Waals surface area contributed by atoms with Crippen LogP contribution < -0.4 is 15.5 Å². The zero-order chi connectivity index (χ0) is 17.8. The molecule has 0 aromatic carbocycles. The van der Waals surface area contributed by atoms with Gasteiger partial charge in [-0.05, 0) is 13.0 Å². The summed E-state index contributed by atoms with van der Waals surface area (Å²) in [7, 11) is 0. The number of nitrogens with zero attached hydrogens (tertiary/aromatic N) is 4. The van der Waals surface area contributed by atoms with Crippen LogP contribution in [0, 0.1) is 6.92 Å². The first kappa shape index (κ1) is 17.2. The number of rotatable bonds is 4. The Morgan fingerprint density at radius 2 is 2.16 bits per heavy atom. The van der Waals surface area contributed by atoms with Crippen molar-refractivity contribution in [2.45, 2.75) is 13.5 Å². The first-order valence-electron chi connectivity index (χ1n) is 7.91. The van der Waals surface area contributed by atoms with Crippen molar-refractivity contribution < 1.29 is 4.79 Å². The lowest BCUT2D eigenvalue weighted by molar-refractivity contribution is 0.0950. The van der Waals surface area contributed by atoms with E-state index in [1.165, 1.54) is 0 Å². The van der Waals surface area contributed by atoms with E-state index >= 15 is 0 Å². The lowest BCUT2D eigenvalue weighted by Gasteiger charge is -2.29. The van der Waals surface area contributed by atoms with Gasteiger partial charge in [0.25, 0.3) is 5.91 Å². The third-order valence-corrected chi connectivity index (χ3v) is 4.20. The number of aryl methyl sites for hydroxylation is 1. The van der Waals surface area contributed by atoms with Gasteiger partial charge in [-0.3, -0.25) is 9.78 Å². The van der Waals surface area contributed by atoms with Crippen LogP contribution in [0.2, 0.25) is 5.02 Å². The third-order valence-electron chi connectivity index (χ3n) is 3.88. The van der Waals surface area contributed by atoms with Crippen LogP contribution in [0.25, 0.3) is 0 Å². The summed E-state index contributed by atoms with van der Waals surface area (Å²) < 4.78 is 0. The maximum absolute atomic E-state index is 12.3. The van der Waals surface area contributed by atoms with Gasteiger partial charge in [-0.2, -0.15) is 0 Å². The Hall–Kier alpha value is -2.67. The number of carbonyl (C=O) groups is 1. The average molecular weight is 359 g/mol. The molecule has 130 valence electrons. The van der Waals surface area contributed by atoms with Crippen LogP contribution in [0.4, 0.5) is 5.95 Å². The molecule has 8 heteroatoms. The van der Waals surface area contributed by atoms with E-state index in [2.05, 4.69) is 37.1 Å². The molecule has 2 N–H and O–H groups in total. The summed E-state index contributed by atoms with van der Waals surface area (Å²) >= 11 is 6.08. The summed E-state index contributed by atoms with van der Waals surface area (Å²) in [6.07, 6.45) is 5.00. The first-order valence-corrected chi connectivity index (χ1v) is 8.29. The standard InChI is InChI=1S/C17H19ClN6O/c1-11-10-24(6-5-19-11)17-22-8-13(9-23-17)7-21-16(25)15-12(2)20-4-3-14(15)18/h3-4,8-9,19H,1,5-7,10H2,2H3,(H,21,25). The molecule has 0 radical (unpaired) electrons. The summed E-state index contributed by atoms with van der Waals surface area (Å²) in [5.74, 6) is 0.391. The molecule has 2 aromatic heterocycles. The summed E-state index contributed by atoms with van der Waals surface area (Å²) in [6.45, 7) is 8.34. The number of hydrogen-bond donors (Lipinski definition) is 2. The van der Waals surface area contributed by atoms with Crippen LogP contribution in [-0.4, -0.2) is 40.5 Å². The van der Waals surface area contributed by atoms with Crippen molar-refractivity contribution in [1.82, 2.24) is 25.6 Å². The van der Waals surface area contributed by atoms with E-state index in [4.69, 9.17) is 11.6 Å². The van der Waals surface area contributed by atoms with Gasteiger partial charge in [-0.15, -0.1) is 0 Å². The highest BCUT2D eigenvalue weighted by molar-refractivity contribution is 6.33. The third kappa shape index (κ3) is 4.06.